The number of carbonyl (C=O) groups is 1. The molecule has 0 spiro atoms. The van der Waals surface area contributed by atoms with Crippen LogP contribution in [0.25, 0.3) is 10.8 Å². The van der Waals surface area contributed by atoms with Crippen LogP contribution < -0.4 is 0 Å². The lowest BCUT2D eigenvalue weighted by Gasteiger charge is -2.19. The first-order valence-corrected chi connectivity index (χ1v) is 6.18. The molecule has 0 aromatic heterocycles. The average Bonchev–Trinajstić information content (AvgIpc) is 2.39. The zero-order chi connectivity index (χ0) is 13.1. The van der Waals surface area contributed by atoms with E-state index in [1.165, 1.54) is 0 Å². The minimum Gasteiger partial charge on any atom is -0.508 e. The lowest BCUT2D eigenvalue weighted by atomic mass is 10.0. The Bertz CT molecular complexity index is 574. The lowest BCUT2D eigenvalue weighted by molar-refractivity contribution is 0.0775. The molecule has 0 saturated carbocycles. The van der Waals surface area contributed by atoms with Gasteiger partial charge >= 0.3 is 0 Å². The Kier molecular flexibility index (Phi) is 3.51. The number of phenolic OH excluding ortho intramolecular Hbond substituents is 1. The summed E-state index contributed by atoms with van der Waals surface area (Å²) in [6.07, 6.45) is 0. The maximum Gasteiger partial charge on any atom is 0.254 e. The van der Waals surface area contributed by atoms with E-state index in [9.17, 15) is 9.90 Å². The van der Waals surface area contributed by atoms with Crippen LogP contribution in [0.4, 0.5) is 0 Å². The van der Waals surface area contributed by atoms with Crippen molar-refractivity contribution in [3.63, 3.8) is 0 Å². The van der Waals surface area contributed by atoms with Gasteiger partial charge in [0.1, 0.15) is 5.75 Å². The van der Waals surface area contributed by atoms with Crippen molar-refractivity contribution in [1.29, 1.82) is 0 Å². The number of nitrogens with zero attached hydrogens (tertiary/aromatic N) is 1. The van der Waals surface area contributed by atoms with E-state index in [1.54, 1.807) is 23.1 Å². The molecule has 0 unspecified atom stereocenters. The highest BCUT2D eigenvalue weighted by atomic mass is 16.3. The predicted molar refractivity (Wildman–Crippen MR) is 72.9 cm³/mol. The number of benzene rings is 2. The monoisotopic (exact) mass is 243 g/mol. The van der Waals surface area contributed by atoms with Gasteiger partial charge in [0, 0.05) is 18.7 Å². The van der Waals surface area contributed by atoms with E-state index in [1.807, 2.05) is 32.0 Å². The second kappa shape index (κ2) is 5.08. The van der Waals surface area contributed by atoms with Gasteiger partial charge in [-0.1, -0.05) is 12.1 Å². The second-order valence-corrected chi connectivity index (χ2v) is 4.19. The van der Waals surface area contributed by atoms with Crippen molar-refractivity contribution >= 4 is 16.7 Å². The molecule has 0 heterocycles. The normalized spacial score (nSPS) is 10.6. The number of hydrogen-bond acceptors (Lipinski definition) is 2. The SMILES string of the molecule is CCN(CC)C(=O)c1cccc2cc(O)ccc12. The van der Waals surface area contributed by atoms with Crippen LogP contribution in [0, 0.1) is 0 Å². The molecule has 3 heteroatoms. The Morgan fingerprint density at radius 3 is 2.56 bits per heavy atom. The van der Waals surface area contributed by atoms with Crippen LogP contribution in [0.5, 0.6) is 5.75 Å². The summed E-state index contributed by atoms with van der Waals surface area (Å²) >= 11 is 0. The Balaban J connectivity index is 2.54. The molecule has 1 N–H and O–H groups in total. The summed E-state index contributed by atoms with van der Waals surface area (Å²) in [6, 6.07) is 10.7. The van der Waals surface area contributed by atoms with E-state index >= 15 is 0 Å². The van der Waals surface area contributed by atoms with Crippen LogP contribution in [-0.2, 0) is 0 Å². The average molecular weight is 243 g/mol. The quantitative estimate of drug-likeness (QED) is 0.900. The van der Waals surface area contributed by atoms with Crippen LogP contribution in [0.3, 0.4) is 0 Å². The number of phenols is 1. The molecule has 0 aliphatic rings. The van der Waals surface area contributed by atoms with E-state index in [4.69, 9.17) is 0 Å². The van der Waals surface area contributed by atoms with Crippen LogP contribution in [0.1, 0.15) is 24.2 Å². The molecule has 0 atom stereocenters. The summed E-state index contributed by atoms with van der Waals surface area (Å²) in [5.74, 6) is 0.256. The number of fused-ring (bicyclic) bond motifs is 1. The summed E-state index contributed by atoms with van der Waals surface area (Å²) in [4.78, 5) is 14.2. The molecular weight excluding hydrogens is 226 g/mol. The molecule has 0 radical (unpaired) electrons. The van der Waals surface area contributed by atoms with Gasteiger partial charge in [-0.3, -0.25) is 4.79 Å². The highest BCUT2D eigenvalue weighted by Gasteiger charge is 2.15. The van der Waals surface area contributed by atoms with Gasteiger partial charge < -0.3 is 10.0 Å². The Labute approximate surface area is 107 Å². The fourth-order valence-electron chi connectivity index (χ4n) is 2.14. The van der Waals surface area contributed by atoms with Crippen LogP contribution in [-0.4, -0.2) is 29.0 Å². The molecule has 3 nitrogen and oxygen atoms in total. The first-order valence-electron chi connectivity index (χ1n) is 6.18. The number of hydrogen-bond donors (Lipinski definition) is 1. The molecule has 0 saturated heterocycles. The van der Waals surface area contributed by atoms with Gasteiger partial charge in [-0.25, -0.2) is 0 Å². The molecule has 1 amide bonds. The Hall–Kier alpha value is -2.03. The third-order valence-corrected chi connectivity index (χ3v) is 3.15. The third-order valence-electron chi connectivity index (χ3n) is 3.15. The van der Waals surface area contributed by atoms with E-state index < -0.39 is 0 Å². The van der Waals surface area contributed by atoms with Crippen LogP contribution in [0.15, 0.2) is 36.4 Å². The topological polar surface area (TPSA) is 40.5 Å². The van der Waals surface area contributed by atoms with Crippen molar-refractivity contribution < 1.29 is 9.90 Å². The fourth-order valence-corrected chi connectivity index (χ4v) is 2.14. The molecule has 2 aromatic carbocycles. The molecule has 0 aliphatic heterocycles. The summed E-state index contributed by atoms with van der Waals surface area (Å²) in [7, 11) is 0. The standard InChI is InChI=1S/C15H17NO2/c1-3-16(4-2)15(18)14-7-5-6-11-10-12(17)8-9-13(11)14/h5-10,17H,3-4H2,1-2H3. The van der Waals surface area contributed by atoms with E-state index in [-0.39, 0.29) is 11.7 Å². The largest absolute Gasteiger partial charge is 0.508 e. The minimum atomic E-state index is 0.0382. The fraction of sp³-hybridized carbons (Fsp3) is 0.267. The summed E-state index contributed by atoms with van der Waals surface area (Å²) in [6.45, 7) is 5.34. The Morgan fingerprint density at radius 2 is 1.89 bits per heavy atom. The number of rotatable bonds is 3. The first kappa shape index (κ1) is 12.4. The predicted octanol–water partition coefficient (Wildman–Crippen LogP) is 3.03. The van der Waals surface area contributed by atoms with Gasteiger partial charge in [-0.2, -0.15) is 0 Å². The summed E-state index contributed by atoms with van der Waals surface area (Å²) < 4.78 is 0. The molecule has 2 aromatic rings. The molecule has 2 rings (SSSR count). The van der Waals surface area contributed by atoms with E-state index in [2.05, 4.69) is 0 Å². The number of carbonyl (C=O) groups excluding carboxylic acids is 1. The molecule has 18 heavy (non-hydrogen) atoms. The maximum absolute atomic E-state index is 12.4. The molecule has 94 valence electrons. The molecular formula is C15H17NO2. The van der Waals surface area contributed by atoms with Crippen molar-refractivity contribution in [2.75, 3.05) is 13.1 Å². The van der Waals surface area contributed by atoms with Gasteiger partial charge in [0.25, 0.3) is 5.91 Å². The number of amides is 1. The van der Waals surface area contributed by atoms with Gasteiger partial charge in [-0.15, -0.1) is 0 Å². The lowest BCUT2D eigenvalue weighted by Crippen LogP contribution is -2.30. The van der Waals surface area contributed by atoms with Gasteiger partial charge in [-0.05, 0) is 48.9 Å². The highest BCUT2D eigenvalue weighted by molar-refractivity contribution is 6.07. The zero-order valence-electron chi connectivity index (χ0n) is 10.7. The minimum absolute atomic E-state index is 0.0382. The van der Waals surface area contributed by atoms with Crippen LogP contribution in [0.2, 0.25) is 0 Å². The van der Waals surface area contributed by atoms with Crippen molar-refractivity contribution in [2.24, 2.45) is 0 Å². The van der Waals surface area contributed by atoms with Gasteiger partial charge in [0.2, 0.25) is 0 Å². The second-order valence-electron chi connectivity index (χ2n) is 4.19. The Morgan fingerprint density at radius 1 is 1.17 bits per heavy atom. The molecule has 0 aliphatic carbocycles. The first-order chi connectivity index (χ1) is 8.67. The number of aromatic hydroxyl groups is 1. The van der Waals surface area contributed by atoms with E-state index in [0.717, 1.165) is 10.8 Å². The van der Waals surface area contributed by atoms with E-state index in [0.29, 0.717) is 18.7 Å². The van der Waals surface area contributed by atoms with Crippen molar-refractivity contribution in [3.8, 4) is 5.75 Å². The summed E-state index contributed by atoms with van der Waals surface area (Å²) in [5.41, 5.74) is 0.691. The van der Waals surface area contributed by atoms with Gasteiger partial charge in [0.05, 0.1) is 0 Å². The van der Waals surface area contributed by atoms with Crippen molar-refractivity contribution in [2.45, 2.75) is 13.8 Å². The summed E-state index contributed by atoms with van der Waals surface area (Å²) in [5, 5.41) is 11.2. The van der Waals surface area contributed by atoms with Crippen LogP contribution >= 0.6 is 0 Å². The van der Waals surface area contributed by atoms with Crippen molar-refractivity contribution in [3.05, 3.63) is 42.0 Å². The molecule has 0 fully saturated rings. The third kappa shape index (κ3) is 2.16. The van der Waals surface area contributed by atoms with Crippen molar-refractivity contribution in [1.82, 2.24) is 4.90 Å². The zero-order valence-corrected chi connectivity index (χ0v) is 10.7. The smallest absolute Gasteiger partial charge is 0.254 e. The maximum atomic E-state index is 12.4. The van der Waals surface area contributed by atoms with Gasteiger partial charge in [0.15, 0.2) is 0 Å². The molecule has 0 bridgehead atoms. The highest BCUT2D eigenvalue weighted by Crippen LogP contribution is 2.24.